The Hall–Kier alpha value is -2.14. The summed E-state index contributed by atoms with van der Waals surface area (Å²) in [5, 5.41) is 9.07. The van der Waals surface area contributed by atoms with E-state index in [1.807, 2.05) is 6.92 Å². The number of carboxylic acids is 1. The molecule has 18 heavy (non-hydrogen) atoms. The van der Waals surface area contributed by atoms with Crippen LogP contribution in [0.2, 0.25) is 5.02 Å². The Labute approximate surface area is 108 Å². The molecule has 0 atom stereocenters. The molecule has 0 aliphatic heterocycles. The highest BCUT2D eigenvalue weighted by atomic mass is 35.5. The molecule has 0 saturated carbocycles. The zero-order valence-electron chi connectivity index (χ0n) is 9.42. The fraction of sp³-hybridized carbons (Fsp3) is 0.0833. The van der Waals surface area contributed by atoms with Crippen molar-refractivity contribution in [2.75, 3.05) is 0 Å². The number of ether oxygens (including phenoxy) is 1. The van der Waals surface area contributed by atoms with E-state index in [0.29, 0.717) is 5.75 Å². The highest BCUT2D eigenvalue weighted by molar-refractivity contribution is 6.33. The Balaban J connectivity index is 2.27. The number of halogens is 1. The van der Waals surface area contributed by atoms with Gasteiger partial charge < -0.3 is 9.84 Å². The molecule has 1 aromatic heterocycles. The maximum Gasteiger partial charge on any atom is 0.337 e. The molecule has 2 aromatic rings. The van der Waals surface area contributed by atoms with Crippen LogP contribution in [0.5, 0.6) is 11.8 Å². The standard InChI is InChI=1S/C12H9ClN2O3/c1-7-5-14-12(15-6-7)18-8-2-3-10(13)9(4-8)11(16)17/h2-6H,1H3,(H,16,17). The molecule has 1 aromatic carbocycles. The fourth-order valence-electron chi connectivity index (χ4n) is 1.27. The molecular formula is C12H9ClN2O3. The van der Waals surface area contributed by atoms with Crippen LogP contribution in [0, 0.1) is 6.92 Å². The Morgan fingerprint density at radius 1 is 1.33 bits per heavy atom. The van der Waals surface area contributed by atoms with E-state index in [4.69, 9.17) is 21.4 Å². The highest BCUT2D eigenvalue weighted by Crippen LogP contribution is 2.24. The van der Waals surface area contributed by atoms with E-state index in [1.165, 1.54) is 12.1 Å². The average molecular weight is 265 g/mol. The van der Waals surface area contributed by atoms with Crippen molar-refractivity contribution in [3.8, 4) is 11.8 Å². The molecule has 0 spiro atoms. The summed E-state index contributed by atoms with van der Waals surface area (Å²) in [4.78, 5) is 18.8. The number of aromatic nitrogens is 2. The van der Waals surface area contributed by atoms with Gasteiger partial charge in [0.25, 0.3) is 0 Å². The van der Waals surface area contributed by atoms with Crippen LogP contribution in [-0.4, -0.2) is 21.0 Å². The van der Waals surface area contributed by atoms with Gasteiger partial charge in [0.2, 0.25) is 0 Å². The summed E-state index contributed by atoms with van der Waals surface area (Å²) in [5.74, 6) is -0.795. The van der Waals surface area contributed by atoms with Crippen molar-refractivity contribution in [3.63, 3.8) is 0 Å². The van der Waals surface area contributed by atoms with Crippen LogP contribution in [-0.2, 0) is 0 Å². The molecule has 0 amide bonds. The third-order valence-electron chi connectivity index (χ3n) is 2.13. The monoisotopic (exact) mass is 264 g/mol. The van der Waals surface area contributed by atoms with Gasteiger partial charge in [0.15, 0.2) is 0 Å². The van der Waals surface area contributed by atoms with Crippen molar-refractivity contribution in [1.29, 1.82) is 0 Å². The third-order valence-corrected chi connectivity index (χ3v) is 2.46. The third kappa shape index (κ3) is 2.75. The summed E-state index contributed by atoms with van der Waals surface area (Å²) in [6.07, 6.45) is 3.21. The lowest BCUT2D eigenvalue weighted by Gasteiger charge is -2.05. The minimum absolute atomic E-state index is 0.0266. The smallest absolute Gasteiger partial charge is 0.337 e. The quantitative estimate of drug-likeness (QED) is 0.923. The molecule has 2 rings (SSSR count). The van der Waals surface area contributed by atoms with E-state index < -0.39 is 5.97 Å². The second kappa shape index (κ2) is 5.01. The second-order valence-electron chi connectivity index (χ2n) is 3.59. The average Bonchev–Trinajstić information content (AvgIpc) is 2.34. The topological polar surface area (TPSA) is 72.3 Å². The molecule has 92 valence electrons. The minimum Gasteiger partial charge on any atom is -0.478 e. The van der Waals surface area contributed by atoms with Gasteiger partial charge in [-0.1, -0.05) is 11.6 Å². The lowest BCUT2D eigenvalue weighted by Crippen LogP contribution is -1.98. The van der Waals surface area contributed by atoms with Gasteiger partial charge in [0, 0.05) is 12.4 Å². The Bertz CT molecular complexity index is 584. The first-order chi connectivity index (χ1) is 8.56. The number of aryl methyl sites for hydroxylation is 1. The number of carbonyl (C=O) groups is 1. The van der Waals surface area contributed by atoms with E-state index in [2.05, 4.69) is 9.97 Å². The van der Waals surface area contributed by atoms with E-state index in [0.717, 1.165) is 5.56 Å². The number of hydrogen-bond donors (Lipinski definition) is 1. The lowest BCUT2D eigenvalue weighted by atomic mass is 10.2. The van der Waals surface area contributed by atoms with Gasteiger partial charge in [-0.05, 0) is 30.7 Å². The summed E-state index contributed by atoms with van der Waals surface area (Å²) in [6.45, 7) is 1.86. The van der Waals surface area contributed by atoms with Gasteiger partial charge in [-0.3, -0.25) is 0 Å². The predicted molar refractivity (Wildman–Crippen MR) is 65.3 cm³/mol. The van der Waals surface area contributed by atoms with Crippen molar-refractivity contribution in [2.24, 2.45) is 0 Å². The minimum atomic E-state index is -1.12. The van der Waals surface area contributed by atoms with Crippen LogP contribution < -0.4 is 4.74 Å². The van der Waals surface area contributed by atoms with E-state index in [-0.39, 0.29) is 16.6 Å². The zero-order valence-corrected chi connectivity index (χ0v) is 10.2. The Kier molecular flexibility index (Phi) is 3.43. The lowest BCUT2D eigenvalue weighted by molar-refractivity contribution is 0.0696. The molecule has 0 fully saturated rings. The maximum atomic E-state index is 10.9. The molecule has 1 heterocycles. The molecule has 6 heteroatoms. The van der Waals surface area contributed by atoms with Gasteiger partial charge in [0.1, 0.15) is 5.75 Å². The summed E-state index contributed by atoms with van der Waals surface area (Å²) in [5.41, 5.74) is 0.881. The van der Waals surface area contributed by atoms with Gasteiger partial charge in [0.05, 0.1) is 10.6 Å². The molecule has 0 aliphatic rings. The first-order valence-electron chi connectivity index (χ1n) is 5.05. The largest absolute Gasteiger partial charge is 0.478 e. The van der Waals surface area contributed by atoms with Crippen molar-refractivity contribution in [3.05, 3.63) is 46.7 Å². The molecule has 0 bridgehead atoms. The number of hydrogen-bond acceptors (Lipinski definition) is 4. The fourth-order valence-corrected chi connectivity index (χ4v) is 1.47. The van der Waals surface area contributed by atoms with E-state index in [9.17, 15) is 4.79 Å². The van der Waals surface area contributed by atoms with E-state index in [1.54, 1.807) is 18.5 Å². The molecule has 5 nitrogen and oxygen atoms in total. The van der Waals surface area contributed by atoms with Crippen LogP contribution in [0.4, 0.5) is 0 Å². The predicted octanol–water partition coefficient (Wildman–Crippen LogP) is 2.93. The van der Waals surface area contributed by atoms with Crippen LogP contribution >= 0.6 is 11.6 Å². The second-order valence-corrected chi connectivity index (χ2v) is 4.00. The Morgan fingerprint density at radius 2 is 2.00 bits per heavy atom. The maximum absolute atomic E-state index is 10.9. The molecular weight excluding hydrogens is 256 g/mol. The van der Waals surface area contributed by atoms with Crippen LogP contribution in [0.3, 0.4) is 0 Å². The van der Waals surface area contributed by atoms with Gasteiger partial charge >= 0.3 is 12.0 Å². The van der Waals surface area contributed by atoms with Crippen LogP contribution in [0.15, 0.2) is 30.6 Å². The number of rotatable bonds is 3. The SMILES string of the molecule is Cc1cnc(Oc2ccc(Cl)c(C(=O)O)c2)nc1. The van der Waals surface area contributed by atoms with Crippen LogP contribution in [0.25, 0.3) is 0 Å². The van der Waals surface area contributed by atoms with Crippen molar-refractivity contribution in [2.45, 2.75) is 6.92 Å². The Morgan fingerprint density at radius 3 is 2.61 bits per heavy atom. The van der Waals surface area contributed by atoms with E-state index >= 15 is 0 Å². The molecule has 0 radical (unpaired) electrons. The molecule has 1 N–H and O–H groups in total. The van der Waals surface area contributed by atoms with Crippen molar-refractivity contribution < 1.29 is 14.6 Å². The summed E-state index contributed by atoms with van der Waals surface area (Å²) in [7, 11) is 0. The number of benzene rings is 1. The van der Waals surface area contributed by atoms with Crippen molar-refractivity contribution >= 4 is 17.6 Å². The van der Waals surface area contributed by atoms with Gasteiger partial charge in [-0.15, -0.1) is 0 Å². The van der Waals surface area contributed by atoms with Gasteiger partial charge in [-0.25, -0.2) is 14.8 Å². The molecule has 0 aliphatic carbocycles. The number of nitrogens with zero attached hydrogens (tertiary/aromatic N) is 2. The summed E-state index contributed by atoms with van der Waals surface area (Å²) < 4.78 is 5.33. The number of carboxylic acid groups (broad SMARTS) is 1. The first kappa shape index (κ1) is 12.3. The summed E-state index contributed by atoms with van der Waals surface area (Å²) >= 11 is 5.75. The summed E-state index contributed by atoms with van der Waals surface area (Å²) in [6, 6.07) is 4.49. The van der Waals surface area contributed by atoms with Gasteiger partial charge in [-0.2, -0.15) is 0 Å². The molecule has 0 saturated heterocycles. The highest BCUT2D eigenvalue weighted by Gasteiger charge is 2.10. The first-order valence-corrected chi connectivity index (χ1v) is 5.43. The van der Waals surface area contributed by atoms with Crippen LogP contribution in [0.1, 0.15) is 15.9 Å². The zero-order chi connectivity index (χ0) is 13.1. The van der Waals surface area contributed by atoms with Crippen molar-refractivity contribution in [1.82, 2.24) is 9.97 Å². The number of aromatic carboxylic acids is 1. The molecule has 0 unspecified atom stereocenters. The normalized spacial score (nSPS) is 10.1.